The summed E-state index contributed by atoms with van der Waals surface area (Å²) >= 11 is 6.15. The zero-order valence-electron chi connectivity index (χ0n) is 15.3. The van der Waals surface area contributed by atoms with Crippen molar-refractivity contribution in [2.75, 3.05) is 5.32 Å². The van der Waals surface area contributed by atoms with Gasteiger partial charge in [0.05, 0.1) is 10.6 Å². The van der Waals surface area contributed by atoms with Crippen LogP contribution in [0.2, 0.25) is 5.02 Å². The summed E-state index contributed by atoms with van der Waals surface area (Å²) < 4.78 is 5.66. The third-order valence-corrected chi connectivity index (χ3v) is 4.48. The Labute approximate surface area is 171 Å². The second kappa shape index (κ2) is 8.46. The highest BCUT2D eigenvalue weighted by Crippen LogP contribution is 2.31. The summed E-state index contributed by atoms with van der Waals surface area (Å²) in [6.45, 7) is 1.85. The minimum absolute atomic E-state index is 0.0632. The molecule has 7 heteroatoms. The van der Waals surface area contributed by atoms with Gasteiger partial charge in [0.2, 0.25) is 0 Å². The number of benzene rings is 2. The number of para-hydroxylation sites is 1. The fourth-order valence-corrected chi connectivity index (χ4v) is 2.83. The lowest BCUT2D eigenvalue weighted by Crippen LogP contribution is -2.14. The van der Waals surface area contributed by atoms with Gasteiger partial charge < -0.3 is 14.8 Å². The Hall–Kier alpha value is -3.82. The lowest BCUT2D eigenvalue weighted by Gasteiger charge is -2.06. The molecule has 2 N–H and O–H groups in total. The molecular weight excluding hydrogens is 392 g/mol. The minimum Gasteiger partial charge on any atom is -0.478 e. The molecule has 3 rings (SSSR count). The quantitative estimate of drug-likeness (QED) is 0.450. The third-order valence-electron chi connectivity index (χ3n) is 4.15. The Bertz CT molecular complexity index is 1170. The van der Waals surface area contributed by atoms with Crippen molar-refractivity contribution in [1.82, 2.24) is 0 Å². The van der Waals surface area contributed by atoms with Gasteiger partial charge in [-0.1, -0.05) is 29.8 Å². The van der Waals surface area contributed by atoms with Gasteiger partial charge in [-0.25, -0.2) is 4.79 Å². The van der Waals surface area contributed by atoms with Gasteiger partial charge in [0, 0.05) is 17.3 Å². The number of carboxylic acids is 1. The summed E-state index contributed by atoms with van der Waals surface area (Å²) in [4.78, 5) is 23.6. The highest BCUT2D eigenvalue weighted by atomic mass is 35.5. The van der Waals surface area contributed by atoms with Crippen molar-refractivity contribution in [3.8, 4) is 17.4 Å². The summed E-state index contributed by atoms with van der Waals surface area (Å²) in [7, 11) is 0. The van der Waals surface area contributed by atoms with E-state index in [1.165, 1.54) is 24.3 Å². The van der Waals surface area contributed by atoms with Crippen molar-refractivity contribution in [2.24, 2.45) is 0 Å². The second-order valence-corrected chi connectivity index (χ2v) is 6.55. The molecule has 0 fully saturated rings. The number of anilines is 1. The van der Waals surface area contributed by atoms with E-state index in [1.54, 1.807) is 24.3 Å². The molecule has 2 aromatic carbocycles. The number of carboxylic acid groups (broad SMARTS) is 1. The van der Waals surface area contributed by atoms with E-state index in [9.17, 15) is 14.9 Å². The lowest BCUT2D eigenvalue weighted by atomic mass is 10.1. The first-order valence-corrected chi connectivity index (χ1v) is 8.88. The van der Waals surface area contributed by atoms with Gasteiger partial charge in [-0.2, -0.15) is 5.26 Å². The Morgan fingerprint density at radius 2 is 1.93 bits per heavy atom. The molecule has 0 aliphatic carbocycles. The fraction of sp³-hybridized carbons (Fsp3) is 0.0455. The number of carbonyl (C=O) groups excluding carboxylic acids is 1. The van der Waals surface area contributed by atoms with Crippen LogP contribution in [-0.4, -0.2) is 17.0 Å². The molecule has 0 aliphatic heterocycles. The van der Waals surface area contributed by atoms with Crippen molar-refractivity contribution >= 4 is 35.2 Å². The number of hydrogen-bond acceptors (Lipinski definition) is 4. The van der Waals surface area contributed by atoms with Crippen LogP contribution in [0.3, 0.4) is 0 Å². The van der Waals surface area contributed by atoms with Crippen LogP contribution in [0.15, 0.2) is 64.6 Å². The van der Waals surface area contributed by atoms with Crippen LogP contribution < -0.4 is 5.32 Å². The maximum Gasteiger partial charge on any atom is 0.335 e. The van der Waals surface area contributed by atoms with Crippen molar-refractivity contribution in [3.05, 3.63) is 82.1 Å². The number of nitriles is 1. The zero-order valence-corrected chi connectivity index (χ0v) is 16.0. The molecule has 144 valence electrons. The zero-order chi connectivity index (χ0) is 21.0. The van der Waals surface area contributed by atoms with Gasteiger partial charge in [0.1, 0.15) is 23.2 Å². The second-order valence-electron chi connectivity index (χ2n) is 6.14. The lowest BCUT2D eigenvalue weighted by molar-refractivity contribution is -0.112. The first kappa shape index (κ1) is 19.9. The largest absolute Gasteiger partial charge is 0.478 e. The average Bonchev–Trinajstić information content (AvgIpc) is 3.16. The average molecular weight is 407 g/mol. The first-order chi connectivity index (χ1) is 13.9. The molecule has 0 aliphatic rings. The van der Waals surface area contributed by atoms with Crippen molar-refractivity contribution in [3.63, 3.8) is 0 Å². The Morgan fingerprint density at radius 3 is 2.62 bits per heavy atom. The molecule has 0 atom stereocenters. The molecular formula is C22H15ClN2O4. The number of halogens is 1. The van der Waals surface area contributed by atoms with Crippen LogP contribution in [0.5, 0.6) is 0 Å². The molecule has 0 radical (unpaired) electrons. The summed E-state index contributed by atoms with van der Waals surface area (Å²) in [6.07, 6.45) is 1.31. The number of carbonyl (C=O) groups is 2. The number of aromatic carboxylic acids is 1. The Balaban J connectivity index is 1.87. The number of hydrogen-bond donors (Lipinski definition) is 2. The Kier molecular flexibility index (Phi) is 5.82. The molecule has 6 nitrogen and oxygen atoms in total. The molecule has 1 aromatic heterocycles. The molecule has 0 unspecified atom stereocenters. The van der Waals surface area contributed by atoms with E-state index in [0.717, 1.165) is 5.56 Å². The van der Waals surface area contributed by atoms with E-state index in [4.69, 9.17) is 21.1 Å². The van der Waals surface area contributed by atoms with E-state index < -0.39 is 11.9 Å². The van der Waals surface area contributed by atoms with E-state index in [2.05, 4.69) is 5.32 Å². The predicted octanol–water partition coefficient (Wildman–Crippen LogP) is 5.15. The van der Waals surface area contributed by atoms with Crippen molar-refractivity contribution in [2.45, 2.75) is 6.92 Å². The highest BCUT2D eigenvalue weighted by Gasteiger charge is 2.14. The van der Waals surface area contributed by atoms with Gasteiger partial charge in [0.25, 0.3) is 5.91 Å². The highest BCUT2D eigenvalue weighted by molar-refractivity contribution is 6.33. The molecule has 1 heterocycles. The standard InChI is InChI=1S/C22H15ClN2O4/c1-13-4-2-3-5-19(13)25-21(26)15(12-24)10-16-7-9-20(29-16)17-11-14(22(27)28)6-8-18(17)23/h2-11H,1H3,(H,25,26)(H,27,28)/b15-10-. The molecule has 1 amide bonds. The number of amides is 1. The first-order valence-electron chi connectivity index (χ1n) is 8.51. The van der Waals surface area contributed by atoms with Gasteiger partial charge in [-0.15, -0.1) is 0 Å². The molecule has 3 aromatic rings. The smallest absolute Gasteiger partial charge is 0.335 e. The van der Waals surface area contributed by atoms with Crippen molar-refractivity contribution < 1.29 is 19.1 Å². The number of furan rings is 1. The van der Waals surface area contributed by atoms with Crippen LogP contribution in [0.25, 0.3) is 17.4 Å². The summed E-state index contributed by atoms with van der Waals surface area (Å²) in [5.74, 6) is -1.07. The van der Waals surface area contributed by atoms with E-state index in [-0.39, 0.29) is 16.9 Å². The summed E-state index contributed by atoms with van der Waals surface area (Å²) in [5.41, 5.74) is 1.80. The number of nitrogens with zero attached hydrogens (tertiary/aromatic N) is 1. The number of aryl methyl sites for hydroxylation is 1. The Morgan fingerprint density at radius 1 is 1.17 bits per heavy atom. The SMILES string of the molecule is Cc1ccccc1NC(=O)/C(C#N)=C\c1ccc(-c2cc(C(=O)O)ccc2Cl)o1. The van der Waals surface area contributed by atoms with E-state index in [1.807, 2.05) is 25.1 Å². The minimum atomic E-state index is -1.09. The summed E-state index contributed by atoms with van der Waals surface area (Å²) in [6, 6.07) is 16.5. The van der Waals surface area contributed by atoms with Gasteiger partial charge in [0.15, 0.2) is 0 Å². The number of nitrogens with one attached hydrogen (secondary N) is 1. The van der Waals surface area contributed by atoms with Crippen LogP contribution >= 0.6 is 11.6 Å². The van der Waals surface area contributed by atoms with Gasteiger partial charge in [-0.3, -0.25) is 4.79 Å². The van der Waals surface area contributed by atoms with Gasteiger partial charge >= 0.3 is 5.97 Å². The van der Waals surface area contributed by atoms with Gasteiger partial charge in [-0.05, 0) is 48.9 Å². The fourth-order valence-electron chi connectivity index (χ4n) is 2.62. The monoisotopic (exact) mass is 406 g/mol. The van der Waals surface area contributed by atoms with E-state index in [0.29, 0.717) is 22.0 Å². The van der Waals surface area contributed by atoms with Crippen molar-refractivity contribution in [1.29, 1.82) is 5.26 Å². The van der Waals surface area contributed by atoms with Crippen LogP contribution in [0, 0.1) is 18.3 Å². The maximum absolute atomic E-state index is 12.4. The predicted molar refractivity (Wildman–Crippen MR) is 110 cm³/mol. The molecule has 0 bridgehead atoms. The van der Waals surface area contributed by atoms with Crippen LogP contribution in [0.1, 0.15) is 21.7 Å². The molecule has 0 spiro atoms. The number of rotatable bonds is 5. The third kappa shape index (κ3) is 4.54. The molecule has 0 saturated heterocycles. The topological polar surface area (TPSA) is 103 Å². The van der Waals surface area contributed by atoms with E-state index >= 15 is 0 Å². The van der Waals surface area contributed by atoms with Crippen LogP contribution in [0.4, 0.5) is 5.69 Å². The maximum atomic E-state index is 12.4. The normalized spacial score (nSPS) is 11.0. The molecule has 29 heavy (non-hydrogen) atoms. The van der Waals surface area contributed by atoms with Crippen LogP contribution in [-0.2, 0) is 4.79 Å². The summed E-state index contributed by atoms with van der Waals surface area (Å²) in [5, 5.41) is 21.5. The molecule has 0 saturated carbocycles.